The van der Waals surface area contributed by atoms with Crippen LogP contribution >= 0.6 is 17.0 Å². The number of rotatable bonds is 6. The number of nitrogens with one attached hydrogen (secondary N) is 1. The fourth-order valence-electron chi connectivity index (χ4n) is 2.33. The van der Waals surface area contributed by atoms with E-state index in [1.165, 1.54) is 11.1 Å². The highest BCUT2D eigenvalue weighted by Crippen LogP contribution is 2.32. The van der Waals surface area contributed by atoms with Crippen molar-refractivity contribution >= 4 is 17.0 Å². The van der Waals surface area contributed by atoms with Gasteiger partial charge in [0.1, 0.15) is 0 Å². The maximum atomic E-state index is 5.38. The molecule has 0 saturated heterocycles. The maximum absolute atomic E-state index is 5.38. The van der Waals surface area contributed by atoms with Gasteiger partial charge in [-0.25, -0.2) is 0 Å². The molecule has 0 atom stereocenters. The third-order valence-electron chi connectivity index (χ3n) is 3.46. The molecule has 0 saturated carbocycles. The minimum Gasteiger partial charge on any atom is -0.454 e. The molecule has 0 spiro atoms. The Labute approximate surface area is 136 Å². The SMILES string of the molecule is Br.c1ccc(CCNCCc2ccc3c(c2)OCO3)cc1. The molecule has 0 radical (unpaired) electrons. The van der Waals surface area contributed by atoms with Crippen LogP contribution in [0.4, 0.5) is 0 Å². The number of hydrogen-bond acceptors (Lipinski definition) is 3. The van der Waals surface area contributed by atoms with Crippen molar-refractivity contribution in [2.45, 2.75) is 12.8 Å². The molecule has 3 rings (SSSR count). The molecule has 21 heavy (non-hydrogen) atoms. The minimum absolute atomic E-state index is 0. The van der Waals surface area contributed by atoms with Crippen LogP contribution in [0.5, 0.6) is 11.5 Å². The van der Waals surface area contributed by atoms with E-state index in [4.69, 9.17) is 9.47 Å². The normalized spacial score (nSPS) is 12.0. The van der Waals surface area contributed by atoms with Crippen molar-refractivity contribution in [2.24, 2.45) is 0 Å². The van der Waals surface area contributed by atoms with Crippen LogP contribution < -0.4 is 14.8 Å². The first-order chi connectivity index (χ1) is 9.92. The van der Waals surface area contributed by atoms with Crippen molar-refractivity contribution < 1.29 is 9.47 Å². The Morgan fingerprint density at radius 2 is 1.52 bits per heavy atom. The van der Waals surface area contributed by atoms with Crippen LogP contribution in [0.2, 0.25) is 0 Å². The highest BCUT2D eigenvalue weighted by Gasteiger charge is 2.12. The summed E-state index contributed by atoms with van der Waals surface area (Å²) >= 11 is 0. The molecule has 1 aliphatic heterocycles. The van der Waals surface area contributed by atoms with Gasteiger partial charge in [-0.15, -0.1) is 17.0 Å². The zero-order valence-electron chi connectivity index (χ0n) is 11.9. The van der Waals surface area contributed by atoms with Gasteiger partial charge >= 0.3 is 0 Å². The van der Waals surface area contributed by atoms with E-state index in [1.54, 1.807) is 0 Å². The lowest BCUT2D eigenvalue weighted by Gasteiger charge is -2.06. The van der Waals surface area contributed by atoms with Crippen LogP contribution in [-0.2, 0) is 12.8 Å². The molecule has 0 aliphatic carbocycles. The summed E-state index contributed by atoms with van der Waals surface area (Å²) in [4.78, 5) is 0. The van der Waals surface area contributed by atoms with Crippen molar-refractivity contribution in [1.82, 2.24) is 5.32 Å². The molecular formula is C17H20BrNO2. The predicted octanol–water partition coefficient (Wildman–Crippen LogP) is 3.37. The third-order valence-corrected chi connectivity index (χ3v) is 3.46. The second-order valence-corrected chi connectivity index (χ2v) is 4.92. The summed E-state index contributed by atoms with van der Waals surface area (Å²) in [6.45, 7) is 2.33. The molecule has 0 bridgehead atoms. The number of ether oxygens (including phenoxy) is 2. The topological polar surface area (TPSA) is 30.5 Å². The smallest absolute Gasteiger partial charge is 0.231 e. The molecule has 0 aromatic heterocycles. The van der Waals surface area contributed by atoms with Crippen LogP contribution in [0.15, 0.2) is 48.5 Å². The number of halogens is 1. The fraction of sp³-hybridized carbons (Fsp3) is 0.294. The zero-order chi connectivity index (χ0) is 13.6. The number of fused-ring (bicyclic) bond motifs is 1. The molecule has 0 unspecified atom stereocenters. The molecule has 1 N–H and O–H groups in total. The van der Waals surface area contributed by atoms with E-state index in [0.29, 0.717) is 6.79 Å². The van der Waals surface area contributed by atoms with Crippen molar-refractivity contribution in [3.8, 4) is 11.5 Å². The van der Waals surface area contributed by atoms with Crippen LogP contribution in [0.3, 0.4) is 0 Å². The Kier molecular flexibility index (Phi) is 6.08. The minimum atomic E-state index is 0. The molecule has 4 heteroatoms. The lowest BCUT2D eigenvalue weighted by molar-refractivity contribution is 0.174. The molecule has 112 valence electrons. The molecule has 2 aromatic carbocycles. The first-order valence-corrected chi connectivity index (χ1v) is 7.05. The van der Waals surface area contributed by atoms with Gasteiger partial charge in [-0.05, 0) is 49.2 Å². The molecule has 2 aromatic rings. The van der Waals surface area contributed by atoms with E-state index < -0.39 is 0 Å². The van der Waals surface area contributed by atoms with Gasteiger partial charge in [0.15, 0.2) is 11.5 Å². The standard InChI is InChI=1S/C17H19NO2.BrH/c1-2-4-14(5-3-1)8-10-18-11-9-15-6-7-16-17(12-15)20-13-19-16;/h1-7,12,18H,8-11,13H2;1H. The first kappa shape index (κ1) is 15.9. The van der Waals surface area contributed by atoms with Gasteiger partial charge in [-0.2, -0.15) is 0 Å². The number of hydrogen-bond donors (Lipinski definition) is 1. The third kappa shape index (κ3) is 4.48. The number of benzene rings is 2. The molecule has 0 amide bonds. The van der Waals surface area contributed by atoms with Gasteiger partial charge < -0.3 is 14.8 Å². The second kappa shape index (κ2) is 8.05. The molecule has 0 fully saturated rings. The molecule has 3 nitrogen and oxygen atoms in total. The van der Waals surface area contributed by atoms with E-state index in [0.717, 1.165) is 37.4 Å². The van der Waals surface area contributed by atoms with Gasteiger partial charge in [-0.3, -0.25) is 0 Å². The Hall–Kier alpha value is -1.52. The lowest BCUT2D eigenvalue weighted by Crippen LogP contribution is -2.20. The van der Waals surface area contributed by atoms with E-state index in [9.17, 15) is 0 Å². The van der Waals surface area contributed by atoms with Crippen LogP contribution in [0.1, 0.15) is 11.1 Å². The van der Waals surface area contributed by atoms with E-state index >= 15 is 0 Å². The Morgan fingerprint density at radius 3 is 2.33 bits per heavy atom. The Morgan fingerprint density at radius 1 is 0.810 bits per heavy atom. The quantitative estimate of drug-likeness (QED) is 0.811. The second-order valence-electron chi connectivity index (χ2n) is 4.92. The summed E-state index contributed by atoms with van der Waals surface area (Å²) in [6, 6.07) is 16.7. The lowest BCUT2D eigenvalue weighted by atomic mass is 10.1. The average Bonchev–Trinajstić information content (AvgIpc) is 2.95. The van der Waals surface area contributed by atoms with Crippen molar-refractivity contribution in [1.29, 1.82) is 0 Å². The van der Waals surface area contributed by atoms with Gasteiger partial charge in [0, 0.05) is 0 Å². The summed E-state index contributed by atoms with van der Waals surface area (Å²) in [5.74, 6) is 1.72. The summed E-state index contributed by atoms with van der Waals surface area (Å²) < 4.78 is 10.7. The highest BCUT2D eigenvalue weighted by molar-refractivity contribution is 8.93. The zero-order valence-corrected chi connectivity index (χ0v) is 13.6. The van der Waals surface area contributed by atoms with Gasteiger partial charge in [0.25, 0.3) is 0 Å². The monoisotopic (exact) mass is 349 g/mol. The fourth-order valence-corrected chi connectivity index (χ4v) is 2.33. The van der Waals surface area contributed by atoms with Crippen LogP contribution in [0.25, 0.3) is 0 Å². The summed E-state index contributed by atoms with van der Waals surface area (Å²) in [5.41, 5.74) is 2.66. The largest absolute Gasteiger partial charge is 0.454 e. The van der Waals surface area contributed by atoms with Crippen molar-refractivity contribution in [2.75, 3.05) is 19.9 Å². The summed E-state index contributed by atoms with van der Waals surface area (Å²) in [7, 11) is 0. The molecule has 1 heterocycles. The molecule has 1 aliphatic rings. The molecular weight excluding hydrogens is 330 g/mol. The Balaban J connectivity index is 0.00000161. The predicted molar refractivity (Wildman–Crippen MR) is 89.6 cm³/mol. The van der Waals surface area contributed by atoms with Gasteiger partial charge in [0.2, 0.25) is 6.79 Å². The van der Waals surface area contributed by atoms with Crippen molar-refractivity contribution in [3.63, 3.8) is 0 Å². The maximum Gasteiger partial charge on any atom is 0.231 e. The highest BCUT2D eigenvalue weighted by atomic mass is 79.9. The Bertz CT molecular complexity index is 560. The summed E-state index contributed by atoms with van der Waals surface area (Å²) in [5, 5.41) is 3.48. The van der Waals surface area contributed by atoms with Gasteiger partial charge in [-0.1, -0.05) is 36.4 Å². The van der Waals surface area contributed by atoms with Crippen LogP contribution in [-0.4, -0.2) is 19.9 Å². The van der Waals surface area contributed by atoms with E-state index in [-0.39, 0.29) is 17.0 Å². The van der Waals surface area contributed by atoms with Gasteiger partial charge in [0.05, 0.1) is 0 Å². The first-order valence-electron chi connectivity index (χ1n) is 7.05. The van der Waals surface area contributed by atoms with Crippen molar-refractivity contribution in [3.05, 3.63) is 59.7 Å². The van der Waals surface area contributed by atoms with Crippen LogP contribution in [0, 0.1) is 0 Å². The average molecular weight is 350 g/mol. The summed E-state index contributed by atoms with van der Waals surface area (Å²) in [6.07, 6.45) is 2.08. The van der Waals surface area contributed by atoms with E-state index in [1.807, 2.05) is 6.07 Å². The van der Waals surface area contributed by atoms with E-state index in [2.05, 4.69) is 47.8 Å².